The van der Waals surface area contributed by atoms with Gasteiger partial charge in [-0.15, -0.1) is 0 Å². The summed E-state index contributed by atoms with van der Waals surface area (Å²) in [5, 5.41) is 67.8. The van der Waals surface area contributed by atoms with Crippen molar-refractivity contribution in [2.24, 2.45) is 0 Å². The summed E-state index contributed by atoms with van der Waals surface area (Å²) in [4.78, 5) is 101. The first-order valence-electron chi connectivity index (χ1n) is 15.5. The second-order valence-corrected chi connectivity index (χ2v) is 11.6. The molecule has 0 amide bonds. The third-order valence-corrected chi connectivity index (χ3v) is 8.27. The van der Waals surface area contributed by atoms with E-state index in [1.54, 1.807) is 0 Å². The van der Waals surface area contributed by atoms with E-state index in [2.05, 4.69) is 0 Å². The summed E-state index contributed by atoms with van der Waals surface area (Å²) < 4.78 is 0. The van der Waals surface area contributed by atoms with Crippen molar-refractivity contribution in [2.45, 2.75) is 82.5 Å². The van der Waals surface area contributed by atoms with Gasteiger partial charge in [0.15, 0.2) is 0 Å². The van der Waals surface area contributed by atoms with Gasteiger partial charge in [-0.25, -0.2) is 0 Å². The maximum atomic E-state index is 12.4. The van der Waals surface area contributed by atoms with Gasteiger partial charge in [-0.05, 0) is 32.6 Å². The largest absolute Gasteiger partial charge is 0.481 e. The SMILES string of the molecule is CC(=O)CCC(C(=O)O)N1CCN(C(CCC(=O)O)C(=O)O)CCN(C(CCC(=O)O)C(=O)O)CCN(C(CCC(=O)O)C(=O)O)CC1. The number of Topliss-reactive ketones (excluding diaryl/α,β-unsaturated/α-hetero) is 1. The van der Waals surface area contributed by atoms with E-state index in [-0.39, 0.29) is 90.2 Å². The quantitative estimate of drug-likeness (QED) is 0.0804. The lowest BCUT2D eigenvalue weighted by atomic mass is 10.1. The summed E-state index contributed by atoms with van der Waals surface area (Å²) >= 11 is 0. The zero-order chi connectivity index (χ0) is 36.6. The van der Waals surface area contributed by atoms with E-state index < -0.39 is 85.2 Å². The number of nitrogens with zero attached hydrogens (tertiary/aromatic N) is 4. The van der Waals surface area contributed by atoms with Gasteiger partial charge >= 0.3 is 41.8 Å². The molecule has 1 saturated heterocycles. The smallest absolute Gasteiger partial charge is 0.320 e. The van der Waals surface area contributed by atoms with Gasteiger partial charge in [0.05, 0.1) is 0 Å². The van der Waals surface area contributed by atoms with Crippen LogP contribution in [0.25, 0.3) is 0 Å². The zero-order valence-corrected chi connectivity index (χ0v) is 26.8. The molecule has 48 heavy (non-hydrogen) atoms. The first-order valence-corrected chi connectivity index (χ1v) is 15.5. The second-order valence-electron chi connectivity index (χ2n) is 11.6. The van der Waals surface area contributed by atoms with E-state index in [0.29, 0.717) is 0 Å². The highest BCUT2D eigenvalue weighted by molar-refractivity contribution is 5.78. The molecule has 19 heteroatoms. The lowest BCUT2D eigenvalue weighted by Crippen LogP contribution is -2.56. The average Bonchev–Trinajstić information content (AvgIpc) is 2.95. The Labute approximate surface area is 276 Å². The Morgan fingerprint density at radius 2 is 0.583 bits per heavy atom. The van der Waals surface area contributed by atoms with Crippen molar-refractivity contribution in [1.29, 1.82) is 0 Å². The Bertz CT molecular complexity index is 973. The summed E-state index contributed by atoms with van der Waals surface area (Å²) in [5.74, 6) is -9.50. The fourth-order valence-corrected chi connectivity index (χ4v) is 5.69. The van der Waals surface area contributed by atoms with E-state index in [0.717, 1.165) is 0 Å². The Hall–Kier alpha value is -4.20. The number of rotatable bonds is 20. The number of carboxylic acids is 7. The van der Waals surface area contributed by atoms with Crippen molar-refractivity contribution in [3.63, 3.8) is 0 Å². The number of carboxylic acid groups (broad SMARTS) is 7. The number of hydrogen-bond donors (Lipinski definition) is 7. The van der Waals surface area contributed by atoms with E-state index in [4.69, 9.17) is 0 Å². The molecule has 4 unspecified atom stereocenters. The average molecular weight is 691 g/mol. The minimum atomic E-state index is -1.39. The first-order chi connectivity index (χ1) is 22.4. The minimum Gasteiger partial charge on any atom is -0.481 e. The fraction of sp³-hybridized carbons (Fsp3) is 0.724. The monoisotopic (exact) mass is 690 g/mol. The van der Waals surface area contributed by atoms with E-state index in [1.165, 1.54) is 26.5 Å². The highest BCUT2D eigenvalue weighted by atomic mass is 16.4. The number of aliphatic carboxylic acids is 7. The summed E-state index contributed by atoms with van der Waals surface area (Å²) in [6.07, 6.45) is -2.81. The van der Waals surface area contributed by atoms with Crippen molar-refractivity contribution < 1.29 is 74.1 Å². The normalized spacial score (nSPS) is 18.7. The summed E-state index contributed by atoms with van der Waals surface area (Å²) in [6.45, 7) is 0.0150. The van der Waals surface area contributed by atoms with Crippen LogP contribution in [-0.4, -0.2) is 179 Å². The molecule has 7 N–H and O–H groups in total. The van der Waals surface area contributed by atoms with Crippen LogP contribution in [-0.2, 0) is 38.4 Å². The van der Waals surface area contributed by atoms with Crippen LogP contribution in [0.3, 0.4) is 0 Å². The molecule has 0 bridgehead atoms. The van der Waals surface area contributed by atoms with Crippen LogP contribution in [0.15, 0.2) is 0 Å². The molecule has 0 aromatic heterocycles. The molecule has 4 atom stereocenters. The highest BCUT2D eigenvalue weighted by Crippen LogP contribution is 2.18. The number of carbonyl (C=O) groups is 8. The summed E-state index contributed by atoms with van der Waals surface area (Å²) in [5.41, 5.74) is 0. The molecule has 1 aliphatic heterocycles. The van der Waals surface area contributed by atoms with Crippen LogP contribution in [0.2, 0.25) is 0 Å². The van der Waals surface area contributed by atoms with Crippen LogP contribution >= 0.6 is 0 Å². The van der Waals surface area contributed by atoms with Gasteiger partial charge in [-0.2, -0.15) is 0 Å². The van der Waals surface area contributed by atoms with Crippen LogP contribution in [0.4, 0.5) is 0 Å². The predicted molar refractivity (Wildman–Crippen MR) is 163 cm³/mol. The van der Waals surface area contributed by atoms with E-state index in [1.807, 2.05) is 0 Å². The zero-order valence-electron chi connectivity index (χ0n) is 26.8. The third-order valence-electron chi connectivity index (χ3n) is 8.27. The number of hydrogen-bond acceptors (Lipinski definition) is 12. The van der Waals surface area contributed by atoms with Gasteiger partial charge in [-0.3, -0.25) is 53.2 Å². The minimum absolute atomic E-state index is 0.102. The summed E-state index contributed by atoms with van der Waals surface area (Å²) in [6, 6.07) is -5.40. The Kier molecular flexibility index (Phi) is 18.2. The molecule has 19 nitrogen and oxygen atoms in total. The first kappa shape index (κ1) is 41.8. The third kappa shape index (κ3) is 15.1. The van der Waals surface area contributed by atoms with Gasteiger partial charge in [0, 0.05) is 78.0 Å². The van der Waals surface area contributed by atoms with Crippen molar-refractivity contribution in [3.8, 4) is 0 Å². The molecule has 272 valence electrons. The standard InChI is InChI=1S/C29H46N4O15/c1-18(34)2-3-19(26(41)42)30-10-12-31(20(27(43)44)4-7-23(35)36)14-16-33(22(29(47)48)6-9-25(39)40)17-15-32(13-11-30)21(28(45)46)5-8-24(37)38/h19-22H,2-17H2,1H3,(H,35,36)(H,37,38)(H,39,40)(H,41,42)(H,43,44)(H,45,46)(H,47,48). The molecular weight excluding hydrogens is 644 g/mol. The van der Waals surface area contributed by atoms with Crippen molar-refractivity contribution in [2.75, 3.05) is 52.4 Å². The fourth-order valence-electron chi connectivity index (χ4n) is 5.69. The van der Waals surface area contributed by atoms with E-state index >= 15 is 0 Å². The van der Waals surface area contributed by atoms with Gasteiger partial charge in [0.1, 0.15) is 30.0 Å². The van der Waals surface area contributed by atoms with Gasteiger partial charge < -0.3 is 40.5 Å². The van der Waals surface area contributed by atoms with Crippen LogP contribution in [0, 0.1) is 0 Å². The van der Waals surface area contributed by atoms with E-state index in [9.17, 15) is 74.1 Å². The maximum absolute atomic E-state index is 12.4. The number of ketones is 1. The van der Waals surface area contributed by atoms with Gasteiger partial charge in [0.2, 0.25) is 0 Å². The van der Waals surface area contributed by atoms with Crippen LogP contribution in [0.5, 0.6) is 0 Å². The predicted octanol–water partition coefficient (Wildman–Crippen LogP) is -1.02. The van der Waals surface area contributed by atoms with Gasteiger partial charge in [0.25, 0.3) is 0 Å². The molecular formula is C29H46N4O15. The molecule has 0 aromatic carbocycles. The molecule has 0 aromatic rings. The lowest BCUT2D eigenvalue weighted by Gasteiger charge is -2.39. The van der Waals surface area contributed by atoms with Crippen molar-refractivity contribution >= 4 is 47.6 Å². The number of carbonyl (C=O) groups excluding carboxylic acids is 1. The Morgan fingerprint density at radius 1 is 0.396 bits per heavy atom. The molecule has 1 heterocycles. The van der Waals surface area contributed by atoms with Crippen molar-refractivity contribution in [1.82, 2.24) is 19.6 Å². The molecule has 1 aliphatic rings. The lowest BCUT2D eigenvalue weighted by molar-refractivity contribution is -0.149. The molecule has 1 fully saturated rings. The van der Waals surface area contributed by atoms with Crippen LogP contribution < -0.4 is 0 Å². The van der Waals surface area contributed by atoms with Crippen LogP contribution in [0.1, 0.15) is 58.3 Å². The highest BCUT2D eigenvalue weighted by Gasteiger charge is 2.35. The van der Waals surface area contributed by atoms with Crippen molar-refractivity contribution in [3.05, 3.63) is 0 Å². The maximum Gasteiger partial charge on any atom is 0.320 e. The molecule has 0 saturated carbocycles. The van der Waals surface area contributed by atoms with Gasteiger partial charge in [-0.1, -0.05) is 0 Å². The molecule has 0 radical (unpaired) electrons. The Morgan fingerprint density at radius 3 is 0.729 bits per heavy atom. The molecule has 0 aliphatic carbocycles. The second kappa shape index (κ2) is 20.9. The summed E-state index contributed by atoms with van der Waals surface area (Å²) in [7, 11) is 0. The topological polar surface area (TPSA) is 291 Å². The molecule has 0 spiro atoms. The Balaban J connectivity index is 3.70. The molecule has 1 rings (SSSR count).